The van der Waals surface area contributed by atoms with Gasteiger partial charge in [0.25, 0.3) is 0 Å². The van der Waals surface area contributed by atoms with Crippen molar-refractivity contribution in [2.75, 3.05) is 0 Å². The minimum Gasteiger partial charge on any atom is -0.261 e. The van der Waals surface area contributed by atoms with Crippen LogP contribution in [0.1, 0.15) is 26.5 Å². The van der Waals surface area contributed by atoms with E-state index in [0.717, 1.165) is 6.16 Å². The molecule has 0 radical (unpaired) electrons. The lowest BCUT2D eigenvalue weighted by Gasteiger charge is -2.31. The molecule has 0 aliphatic carbocycles. The van der Waals surface area contributed by atoms with E-state index in [1.807, 2.05) is 12.3 Å². The van der Waals surface area contributed by atoms with Crippen molar-refractivity contribution in [1.82, 2.24) is 4.98 Å². The highest BCUT2D eigenvalue weighted by atomic mass is 31.1. The largest absolute Gasteiger partial charge is 0.261 e. The maximum atomic E-state index is 4.47. The van der Waals surface area contributed by atoms with Crippen molar-refractivity contribution in [2.45, 2.75) is 32.1 Å². The second-order valence-electron chi connectivity index (χ2n) is 5.41. The van der Waals surface area contributed by atoms with Crippen LogP contribution in [-0.2, 0) is 6.16 Å². The molecule has 0 fully saturated rings. The molecule has 0 aliphatic rings. The van der Waals surface area contributed by atoms with Crippen LogP contribution in [0.4, 0.5) is 0 Å². The fourth-order valence-electron chi connectivity index (χ4n) is 1.98. The van der Waals surface area contributed by atoms with Gasteiger partial charge in [-0.2, -0.15) is 0 Å². The third-order valence-electron chi connectivity index (χ3n) is 2.92. The van der Waals surface area contributed by atoms with Gasteiger partial charge in [0.05, 0.1) is 0 Å². The topological polar surface area (TPSA) is 12.9 Å². The smallest absolute Gasteiger partial charge is 0.0449 e. The van der Waals surface area contributed by atoms with Crippen molar-refractivity contribution in [2.24, 2.45) is 0 Å². The summed E-state index contributed by atoms with van der Waals surface area (Å²) in [6.45, 7) is 6.98. The summed E-state index contributed by atoms with van der Waals surface area (Å²) >= 11 is 0. The predicted molar refractivity (Wildman–Crippen MR) is 80.7 cm³/mol. The van der Waals surface area contributed by atoms with Gasteiger partial charge in [-0.05, 0) is 22.6 Å². The van der Waals surface area contributed by atoms with E-state index in [1.165, 1.54) is 11.0 Å². The normalized spacial score (nSPS) is 13.3. The zero-order chi connectivity index (χ0) is 13.0. The summed E-state index contributed by atoms with van der Waals surface area (Å²) in [5.41, 5.74) is 1.20. The molecule has 0 saturated heterocycles. The Bertz CT molecular complexity index is 473. The van der Waals surface area contributed by atoms with Crippen molar-refractivity contribution in [3.63, 3.8) is 0 Å². The van der Waals surface area contributed by atoms with Crippen molar-refractivity contribution < 1.29 is 0 Å². The zero-order valence-electron chi connectivity index (χ0n) is 11.3. The lowest BCUT2D eigenvalue weighted by molar-refractivity contribution is 0.784. The minimum atomic E-state index is -0.236. The highest BCUT2D eigenvalue weighted by Crippen LogP contribution is 2.50. The van der Waals surface area contributed by atoms with Crippen LogP contribution in [0, 0.1) is 0 Å². The molecule has 1 unspecified atom stereocenters. The van der Waals surface area contributed by atoms with E-state index in [-0.39, 0.29) is 7.92 Å². The first-order valence-electron chi connectivity index (χ1n) is 6.30. The fourth-order valence-corrected chi connectivity index (χ4v) is 4.45. The van der Waals surface area contributed by atoms with Crippen LogP contribution in [0.3, 0.4) is 0 Å². The van der Waals surface area contributed by atoms with Crippen molar-refractivity contribution in [3.05, 3.63) is 60.4 Å². The van der Waals surface area contributed by atoms with Gasteiger partial charge in [0, 0.05) is 18.1 Å². The molecule has 1 aromatic heterocycles. The molecular weight excluding hydrogens is 237 g/mol. The fraction of sp³-hybridized carbons (Fsp3) is 0.312. The second-order valence-corrected chi connectivity index (χ2v) is 8.44. The van der Waals surface area contributed by atoms with Crippen LogP contribution >= 0.6 is 7.92 Å². The average Bonchev–Trinajstić information content (AvgIpc) is 2.37. The number of nitrogens with zero attached hydrogens (tertiary/aromatic N) is 1. The number of rotatable bonds is 3. The van der Waals surface area contributed by atoms with E-state index in [2.05, 4.69) is 68.2 Å². The van der Waals surface area contributed by atoms with Gasteiger partial charge in [0.15, 0.2) is 0 Å². The van der Waals surface area contributed by atoms with E-state index in [9.17, 15) is 0 Å². The van der Waals surface area contributed by atoms with Crippen LogP contribution in [-0.4, -0.2) is 10.1 Å². The third-order valence-corrected chi connectivity index (χ3v) is 6.11. The summed E-state index contributed by atoms with van der Waals surface area (Å²) in [5.74, 6) is 0. The Morgan fingerprint density at radius 2 is 1.61 bits per heavy atom. The summed E-state index contributed by atoms with van der Waals surface area (Å²) in [7, 11) is -0.236. The minimum absolute atomic E-state index is 0.236. The summed E-state index contributed by atoms with van der Waals surface area (Å²) in [6.07, 6.45) is 2.94. The van der Waals surface area contributed by atoms with Crippen molar-refractivity contribution in [3.8, 4) is 0 Å². The van der Waals surface area contributed by atoms with Crippen LogP contribution in [0.25, 0.3) is 0 Å². The molecule has 94 valence electrons. The third kappa shape index (κ3) is 3.40. The first-order valence-corrected chi connectivity index (χ1v) is 7.83. The van der Waals surface area contributed by atoms with Gasteiger partial charge < -0.3 is 0 Å². The molecule has 2 aromatic rings. The van der Waals surface area contributed by atoms with Gasteiger partial charge in [0.1, 0.15) is 0 Å². The lowest BCUT2D eigenvalue weighted by atomic mass is 10.3. The number of aromatic nitrogens is 1. The van der Waals surface area contributed by atoms with E-state index < -0.39 is 0 Å². The molecule has 2 heteroatoms. The Balaban J connectivity index is 2.28. The van der Waals surface area contributed by atoms with E-state index in [1.54, 1.807) is 0 Å². The summed E-state index contributed by atoms with van der Waals surface area (Å²) < 4.78 is 0. The molecule has 2 rings (SSSR count). The molecule has 18 heavy (non-hydrogen) atoms. The Morgan fingerprint density at radius 1 is 0.944 bits per heavy atom. The van der Waals surface area contributed by atoms with Gasteiger partial charge in [-0.25, -0.2) is 0 Å². The Labute approximate surface area is 111 Å². The van der Waals surface area contributed by atoms with Crippen molar-refractivity contribution in [1.29, 1.82) is 0 Å². The summed E-state index contributed by atoms with van der Waals surface area (Å²) in [5, 5.41) is 1.76. The number of pyridine rings is 1. The van der Waals surface area contributed by atoms with E-state index >= 15 is 0 Å². The molecule has 0 bridgehead atoms. The van der Waals surface area contributed by atoms with Gasteiger partial charge in [-0.1, -0.05) is 65.1 Å². The summed E-state index contributed by atoms with van der Waals surface area (Å²) in [6, 6.07) is 17.0. The molecule has 1 heterocycles. The number of hydrogen-bond acceptors (Lipinski definition) is 1. The van der Waals surface area contributed by atoms with Gasteiger partial charge in [-0.3, -0.25) is 4.98 Å². The quantitative estimate of drug-likeness (QED) is 0.751. The van der Waals surface area contributed by atoms with Gasteiger partial charge >= 0.3 is 0 Å². The van der Waals surface area contributed by atoms with Crippen LogP contribution < -0.4 is 5.30 Å². The average molecular weight is 257 g/mol. The lowest BCUT2D eigenvalue weighted by Crippen LogP contribution is -2.20. The predicted octanol–water partition coefficient (Wildman–Crippen LogP) is 4.19. The highest BCUT2D eigenvalue weighted by molar-refractivity contribution is 7.66. The van der Waals surface area contributed by atoms with Crippen LogP contribution in [0.15, 0.2) is 54.7 Å². The maximum absolute atomic E-state index is 4.47. The highest BCUT2D eigenvalue weighted by Gasteiger charge is 2.25. The van der Waals surface area contributed by atoms with E-state index in [0.29, 0.717) is 5.16 Å². The monoisotopic (exact) mass is 257 g/mol. The molecule has 1 aromatic carbocycles. The maximum Gasteiger partial charge on any atom is 0.0449 e. The summed E-state index contributed by atoms with van der Waals surface area (Å²) in [4.78, 5) is 4.47. The molecular formula is C16H20NP. The van der Waals surface area contributed by atoms with Crippen molar-refractivity contribution >= 4 is 13.2 Å². The molecule has 1 atom stereocenters. The van der Waals surface area contributed by atoms with E-state index in [4.69, 9.17) is 0 Å². The molecule has 0 aliphatic heterocycles. The van der Waals surface area contributed by atoms with Gasteiger partial charge in [-0.15, -0.1) is 0 Å². The standard InChI is InChI=1S/C16H20NP/c1-16(2,3)18(15-10-5-4-6-11-15)13-14-9-7-8-12-17-14/h4-12H,13H2,1-3H3. The number of benzene rings is 1. The first kappa shape index (κ1) is 13.2. The number of hydrogen-bond donors (Lipinski definition) is 0. The molecule has 0 N–H and O–H groups in total. The van der Waals surface area contributed by atoms with Crippen LogP contribution in [0.2, 0.25) is 0 Å². The zero-order valence-corrected chi connectivity index (χ0v) is 12.2. The second kappa shape index (κ2) is 5.63. The Morgan fingerprint density at radius 3 is 2.17 bits per heavy atom. The van der Waals surface area contributed by atoms with Crippen LogP contribution in [0.5, 0.6) is 0 Å². The Hall–Kier alpha value is -1.20. The van der Waals surface area contributed by atoms with Gasteiger partial charge in [0.2, 0.25) is 0 Å². The molecule has 0 spiro atoms. The Kier molecular flexibility index (Phi) is 4.14. The molecule has 1 nitrogen and oxygen atoms in total. The SMILES string of the molecule is CC(C)(C)P(Cc1ccccn1)c1ccccc1. The molecule has 0 saturated carbocycles. The molecule has 0 amide bonds. The first-order chi connectivity index (χ1) is 8.57.